The number of hydrogen-bond donors (Lipinski definition) is 1. The van der Waals surface area contributed by atoms with Gasteiger partial charge in [0.15, 0.2) is 0 Å². The van der Waals surface area contributed by atoms with Crippen LogP contribution in [0.1, 0.15) is 18.1 Å². The molecule has 1 unspecified atom stereocenters. The van der Waals surface area contributed by atoms with Gasteiger partial charge in [0.1, 0.15) is 0 Å². The van der Waals surface area contributed by atoms with E-state index in [9.17, 15) is 9.32 Å². The lowest BCUT2D eigenvalue weighted by Crippen LogP contribution is -2.28. The summed E-state index contributed by atoms with van der Waals surface area (Å²) in [6.45, 7) is 3.69. The molecule has 2 atom stereocenters. The lowest BCUT2D eigenvalue weighted by molar-refractivity contribution is 0.0829. The molecule has 0 aliphatic rings. The van der Waals surface area contributed by atoms with Crippen molar-refractivity contribution in [1.29, 1.82) is 0 Å². The number of aryl methyl sites for hydroxylation is 1. The predicted molar refractivity (Wildman–Crippen MR) is 86.2 cm³/mol. The lowest BCUT2D eigenvalue weighted by Gasteiger charge is -2.23. The largest absolute Gasteiger partial charge is 0.384 e. The molecule has 0 fully saturated rings. The second kappa shape index (κ2) is 6.20. The highest BCUT2D eigenvalue weighted by Crippen LogP contribution is 2.25. The van der Waals surface area contributed by atoms with E-state index in [0.29, 0.717) is 0 Å². The van der Waals surface area contributed by atoms with Crippen LogP contribution in [-0.2, 0) is 16.4 Å². The van der Waals surface area contributed by atoms with E-state index in [-0.39, 0.29) is 5.75 Å². The van der Waals surface area contributed by atoms with Gasteiger partial charge < -0.3 is 5.11 Å². The summed E-state index contributed by atoms with van der Waals surface area (Å²) in [5.41, 5.74) is 0.780. The van der Waals surface area contributed by atoms with Crippen molar-refractivity contribution in [3.63, 3.8) is 0 Å². The molecule has 20 heavy (non-hydrogen) atoms. The monoisotopic (exact) mass is 352 g/mol. The molecule has 0 radical (unpaired) electrons. The van der Waals surface area contributed by atoms with E-state index in [0.717, 1.165) is 20.5 Å². The van der Waals surface area contributed by atoms with Gasteiger partial charge in [0, 0.05) is 9.37 Å². The van der Waals surface area contributed by atoms with Gasteiger partial charge in [0.2, 0.25) is 0 Å². The van der Waals surface area contributed by atoms with Crippen LogP contribution >= 0.6 is 15.9 Å². The molecular weight excluding hydrogens is 336 g/mol. The van der Waals surface area contributed by atoms with Gasteiger partial charge in [-0.1, -0.05) is 45.8 Å². The van der Waals surface area contributed by atoms with Gasteiger partial charge in [-0.25, -0.2) is 0 Å². The van der Waals surface area contributed by atoms with Gasteiger partial charge in [-0.15, -0.1) is 0 Å². The van der Waals surface area contributed by atoms with E-state index in [1.54, 1.807) is 6.92 Å². The molecule has 0 amide bonds. The number of hydrogen-bond acceptors (Lipinski definition) is 2. The molecule has 0 aliphatic heterocycles. The van der Waals surface area contributed by atoms with Crippen molar-refractivity contribution in [2.75, 3.05) is 5.75 Å². The fourth-order valence-electron chi connectivity index (χ4n) is 1.92. The Bertz CT molecular complexity index is 603. The molecule has 2 rings (SSSR count). The van der Waals surface area contributed by atoms with Crippen molar-refractivity contribution >= 4 is 26.7 Å². The first-order valence-electron chi connectivity index (χ1n) is 6.32. The topological polar surface area (TPSA) is 37.3 Å². The van der Waals surface area contributed by atoms with Crippen molar-refractivity contribution in [2.45, 2.75) is 24.3 Å². The van der Waals surface area contributed by atoms with Crippen molar-refractivity contribution in [3.8, 4) is 0 Å². The van der Waals surface area contributed by atoms with Crippen LogP contribution in [0.5, 0.6) is 0 Å². The summed E-state index contributed by atoms with van der Waals surface area (Å²) in [7, 11) is -1.23. The first-order chi connectivity index (χ1) is 9.38. The molecule has 0 aromatic heterocycles. The molecule has 0 spiro atoms. The SMILES string of the molecule is Cc1ccc(S(=O)C[C@@](C)(O)c2ccc(Br)cc2)cc1. The van der Waals surface area contributed by atoms with Gasteiger partial charge in [-0.2, -0.15) is 0 Å². The fraction of sp³-hybridized carbons (Fsp3) is 0.250. The zero-order chi connectivity index (χ0) is 14.8. The highest BCUT2D eigenvalue weighted by atomic mass is 79.9. The molecule has 0 saturated carbocycles. The lowest BCUT2D eigenvalue weighted by atomic mass is 9.99. The van der Waals surface area contributed by atoms with E-state index < -0.39 is 16.4 Å². The Kier molecular flexibility index (Phi) is 4.78. The quantitative estimate of drug-likeness (QED) is 0.909. The van der Waals surface area contributed by atoms with Gasteiger partial charge in [0.05, 0.1) is 22.2 Å². The summed E-state index contributed by atoms with van der Waals surface area (Å²) in [6.07, 6.45) is 0. The molecule has 0 heterocycles. The van der Waals surface area contributed by atoms with E-state index in [2.05, 4.69) is 15.9 Å². The average molecular weight is 353 g/mol. The van der Waals surface area contributed by atoms with Crippen molar-refractivity contribution < 1.29 is 9.32 Å². The first kappa shape index (κ1) is 15.4. The van der Waals surface area contributed by atoms with Crippen LogP contribution < -0.4 is 0 Å². The standard InChI is InChI=1S/C16H17BrO2S/c1-12-3-9-15(10-4-12)20(19)11-16(2,18)13-5-7-14(17)8-6-13/h3-10,18H,11H2,1-2H3/t16-,20?/m1/s1. The van der Waals surface area contributed by atoms with Gasteiger partial charge >= 0.3 is 0 Å². The van der Waals surface area contributed by atoms with Gasteiger partial charge in [-0.3, -0.25) is 4.21 Å². The van der Waals surface area contributed by atoms with Crippen LogP contribution in [0, 0.1) is 6.92 Å². The highest BCUT2D eigenvalue weighted by molar-refractivity contribution is 9.10. The summed E-state index contributed by atoms with van der Waals surface area (Å²) in [4.78, 5) is 0.744. The maximum Gasteiger partial charge on any atom is 0.0986 e. The van der Waals surface area contributed by atoms with Crippen molar-refractivity contribution in [2.24, 2.45) is 0 Å². The Morgan fingerprint density at radius 3 is 2.20 bits per heavy atom. The molecule has 0 aliphatic carbocycles. The summed E-state index contributed by atoms with van der Waals surface area (Å²) in [6, 6.07) is 15.0. The van der Waals surface area contributed by atoms with Crippen LogP contribution in [0.25, 0.3) is 0 Å². The number of aliphatic hydroxyl groups is 1. The minimum Gasteiger partial charge on any atom is -0.384 e. The third kappa shape index (κ3) is 3.78. The Balaban J connectivity index is 2.17. The van der Waals surface area contributed by atoms with E-state index >= 15 is 0 Å². The third-order valence-electron chi connectivity index (χ3n) is 3.16. The number of rotatable bonds is 4. The Hall–Kier alpha value is -0.970. The zero-order valence-electron chi connectivity index (χ0n) is 11.5. The minimum absolute atomic E-state index is 0.178. The number of benzene rings is 2. The second-order valence-electron chi connectivity index (χ2n) is 5.08. The van der Waals surface area contributed by atoms with Crippen molar-refractivity contribution in [3.05, 3.63) is 64.1 Å². The molecule has 0 saturated heterocycles. The molecule has 2 aromatic rings. The van der Waals surface area contributed by atoms with Gasteiger partial charge in [-0.05, 0) is 43.7 Å². The molecule has 4 heteroatoms. The molecule has 2 aromatic carbocycles. The molecule has 106 valence electrons. The summed E-state index contributed by atoms with van der Waals surface area (Å²) >= 11 is 3.36. The van der Waals surface area contributed by atoms with Crippen molar-refractivity contribution in [1.82, 2.24) is 0 Å². The smallest absolute Gasteiger partial charge is 0.0986 e. The van der Waals surface area contributed by atoms with Crippen LogP contribution in [0.4, 0.5) is 0 Å². The Morgan fingerprint density at radius 2 is 1.65 bits per heavy atom. The van der Waals surface area contributed by atoms with Crippen LogP contribution in [0.3, 0.4) is 0 Å². The van der Waals surface area contributed by atoms with Gasteiger partial charge in [0.25, 0.3) is 0 Å². The third-order valence-corrected chi connectivity index (χ3v) is 5.31. The molecule has 2 nitrogen and oxygen atoms in total. The fourth-order valence-corrected chi connectivity index (χ4v) is 3.47. The normalized spacial score (nSPS) is 15.6. The maximum absolute atomic E-state index is 12.4. The molecular formula is C16H17BrO2S. The van der Waals surface area contributed by atoms with Crippen LogP contribution in [-0.4, -0.2) is 15.1 Å². The molecule has 0 bridgehead atoms. The summed E-state index contributed by atoms with van der Waals surface area (Å²) in [5.74, 6) is 0.178. The average Bonchev–Trinajstić information content (AvgIpc) is 2.39. The highest BCUT2D eigenvalue weighted by Gasteiger charge is 2.26. The second-order valence-corrected chi connectivity index (χ2v) is 7.45. The summed E-state index contributed by atoms with van der Waals surface area (Å²) in [5, 5.41) is 10.6. The zero-order valence-corrected chi connectivity index (χ0v) is 13.9. The first-order valence-corrected chi connectivity index (χ1v) is 8.43. The van der Waals surface area contributed by atoms with Crippen LogP contribution in [0.2, 0.25) is 0 Å². The number of halogens is 1. The van der Waals surface area contributed by atoms with E-state index in [4.69, 9.17) is 0 Å². The minimum atomic E-state index is -1.23. The molecule has 1 N–H and O–H groups in total. The Labute approximate surface area is 130 Å². The van der Waals surface area contributed by atoms with Crippen LogP contribution in [0.15, 0.2) is 57.9 Å². The predicted octanol–water partition coefficient (Wildman–Crippen LogP) is 3.77. The maximum atomic E-state index is 12.4. The Morgan fingerprint density at radius 1 is 1.10 bits per heavy atom. The van der Waals surface area contributed by atoms with E-state index in [1.807, 2.05) is 55.5 Å². The van der Waals surface area contributed by atoms with E-state index in [1.165, 1.54) is 0 Å². The summed E-state index contributed by atoms with van der Waals surface area (Å²) < 4.78 is 13.3.